The van der Waals surface area contributed by atoms with Crippen LogP contribution in [-0.2, 0) is 19.5 Å². The van der Waals surface area contributed by atoms with E-state index in [9.17, 15) is 0 Å². The van der Waals surface area contributed by atoms with E-state index in [2.05, 4.69) is 11.2 Å². The monoisotopic (exact) mass is 436 g/mol. The predicted molar refractivity (Wildman–Crippen MR) is 24.4 cm³/mol. The molecule has 0 saturated carbocycles. The maximum absolute atomic E-state index is 2.88. The number of H-pyrrole nitrogens is 1. The fraction of sp³-hybridized carbons (Fsp3) is 0.200. The van der Waals surface area contributed by atoms with Crippen molar-refractivity contribution in [1.82, 2.24) is 4.98 Å². The van der Waals surface area contributed by atoms with E-state index in [1.807, 2.05) is 19.2 Å². The van der Waals surface area contributed by atoms with Gasteiger partial charge >= 0.3 is 19.5 Å². The van der Waals surface area contributed by atoms with Crippen LogP contribution in [-0.4, -0.2) is 4.98 Å². The molecule has 1 N–H and O–H groups in total. The number of hydrogen-bond acceptors (Lipinski definition) is 0. The van der Waals surface area contributed by atoms with Crippen LogP contribution in [0.1, 0.15) is 5.56 Å². The summed E-state index contributed by atoms with van der Waals surface area (Å²) >= 11 is 0. The van der Waals surface area contributed by atoms with Crippen molar-refractivity contribution in [1.29, 1.82) is 0 Å². The summed E-state index contributed by atoms with van der Waals surface area (Å²) in [7, 11) is 0. The first kappa shape index (κ1) is 16.8. The molecule has 1 rings (SSSR count). The van der Waals surface area contributed by atoms with E-state index < -0.39 is 0 Å². The zero-order valence-corrected chi connectivity index (χ0v) is 10.8. The average molecular weight is 435 g/mol. The van der Waals surface area contributed by atoms with Gasteiger partial charge < -0.3 is 52.9 Å². The Morgan fingerprint density at radius 2 is 2.00 bits per heavy atom. The van der Waals surface area contributed by atoms with E-state index in [4.69, 9.17) is 0 Å². The third-order valence-electron chi connectivity index (χ3n) is 0.686. The maximum atomic E-state index is 2.88. The van der Waals surface area contributed by atoms with Crippen molar-refractivity contribution in [3.05, 3.63) is 24.0 Å². The van der Waals surface area contributed by atoms with Crippen LogP contribution in [0, 0.1) is 13.1 Å². The molecule has 0 saturated heterocycles. The molecule has 9 heavy (non-hydrogen) atoms. The molecule has 0 aliphatic rings. The molecule has 0 unspecified atom stereocenters. The Kier molecular flexibility index (Phi) is 17.4. The predicted octanol–water partition coefficient (Wildman–Crippen LogP) is -4.87. The van der Waals surface area contributed by atoms with Crippen molar-refractivity contribution in [3.8, 4) is 0 Å². The van der Waals surface area contributed by atoms with Gasteiger partial charge in [0.05, 0.1) is 0 Å². The van der Waals surface area contributed by atoms with Crippen molar-refractivity contribution in [2.24, 2.45) is 0 Å². The Bertz CT molecular complexity index is 119. The molecule has 0 spiro atoms. The van der Waals surface area contributed by atoms with Gasteiger partial charge in [0.2, 0.25) is 0 Å². The van der Waals surface area contributed by atoms with E-state index in [1.165, 1.54) is 0 Å². The minimum Gasteiger partial charge on any atom is -1.00 e. The first-order valence-corrected chi connectivity index (χ1v) is 1.91. The number of halogens is 2. The average Bonchev–Trinajstić information content (AvgIpc) is 1.86. The molecule has 0 fully saturated rings. The molecule has 1 aromatic heterocycles. The zero-order chi connectivity index (χ0) is 4.41. The summed E-state index contributed by atoms with van der Waals surface area (Å²) < 4.78 is 0. The smallest absolute Gasteiger partial charge is 1.00 e. The fourth-order valence-electron chi connectivity index (χ4n) is 0.364. The number of nitrogens with one attached hydrogen (secondary N) is 1. The Hall–Kier alpha value is 1.36. The summed E-state index contributed by atoms with van der Waals surface area (Å²) in [6.45, 7) is 2.00. The van der Waals surface area contributed by atoms with E-state index in [1.54, 1.807) is 0 Å². The summed E-state index contributed by atoms with van der Waals surface area (Å²) in [6, 6.07) is 1.97. The second-order valence-corrected chi connectivity index (χ2v) is 1.29. The van der Waals surface area contributed by atoms with E-state index in [0.29, 0.717) is 0 Å². The van der Waals surface area contributed by atoms with Crippen LogP contribution in [0.4, 0.5) is 0 Å². The normalized spacial score (nSPS) is 5.89. The molecule has 4 heteroatoms. The molecule has 0 bridgehead atoms. The Morgan fingerprint density at radius 3 is 2.11 bits per heavy atom. The summed E-state index contributed by atoms with van der Waals surface area (Å²) in [6.07, 6.45) is 4.73. The minimum atomic E-state index is 0. The minimum absolute atomic E-state index is 0. The van der Waals surface area contributed by atoms with Crippen LogP contribution in [0.15, 0.2) is 12.3 Å². The van der Waals surface area contributed by atoms with Crippen molar-refractivity contribution < 1.29 is 67.4 Å². The first-order valence-electron chi connectivity index (χ1n) is 1.91. The number of aryl methyl sites for hydroxylation is 1. The quantitative estimate of drug-likeness (QED) is 0.239. The molecule has 0 aliphatic carbocycles. The molecule has 0 aliphatic heterocycles. The summed E-state index contributed by atoms with van der Waals surface area (Å²) in [5.41, 5.74) is 1.16. The van der Waals surface area contributed by atoms with Gasteiger partial charge in [-0.3, -0.25) is 0 Å². The molecular weight excluding hydrogens is 429 g/mol. The molecule has 53 valence electrons. The van der Waals surface area contributed by atoms with Gasteiger partial charge in [-0.2, -0.15) is 17.8 Å². The van der Waals surface area contributed by atoms with Gasteiger partial charge in [0.1, 0.15) is 0 Å². The van der Waals surface area contributed by atoms with E-state index >= 15 is 0 Å². The molecule has 0 amide bonds. The molecular formula is C5H6I2NRu. The summed E-state index contributed by atoms with van der Waals surface area (Å²) in [4.78, 5) is 2.80. The largest absolute Gasteiger partial charge is 3.00 e. The number of aromatic amines is 1. The topological polar surface area (TPSA) is 15.8 Å². The van der Waals surface area contributed by atoms with Crippen LogP contribution in [0.5, 0.6) is 0 Å². The van der Waals surface area contributed by atoms with Crippen LogP contribution in [0.3, 0.4) is 0 Å². The first-order chi connectivity index (χ1) is 2.89. The van der Waals surface area contributed by atoms with Crippen molar-refractivity contribution >= 4 is 0 Å². The third kappa shape index (κ3) is 7.26. The van der Waals surface area contributed by atoms with Gasteiger partial charge in [0.15, 0.2) is 0 Å². The maximum Gasteiger partial charge on any atom is 3.00 e. The standard InChI is InChI=1S/C5H6N.2HI.Ru/c1-5-2-3-6-4-5;;;/h2-3,6H,1H3;2*1H;/q-1;;;+3/p-2. The van der Waals surface area contributed by atoms with Gasteiger partial charge in [-0.15, -0.1) is 6.20 Å². The summed E-state index contributed by atoms with van der Waals surface area (Å²) in [5.74, 6) is 0. The molecule has 1 radical (unpaired) electrons. The van der Waals surface area contributed by atoms with Gasteiger partial charge in [-0.05, 0) is 0 Å². The van der Waals surface area contributed by atoms with Crippen LogP contribution < -0.4 is 48.0 Å². The van der Waals surface area contributed by atoms with Crippen molar-refractivity contribution in [2.75, 3.05) is 0 Å². The van der Waals surface area contributed by atoms with Gasteiger partial charge in [-0.25, -0.2) is 0 Å². The summed E-state index contributed by atoms with van der Waals surface area (Å²) in [5, 5.41) is 0. The van der Waals surface area contributed by atoms with Gasteiger partial charge in [0, 0.05) is 0 Å². The second kappa shape index (κ2) is 9.36. The van der Waals surface area contributed by atoms with Crippen molar-refractivity contribution in [2.45, 2.75) is 6.92 Å². The van der Waals surface area contributed by atoms with E-state index in [0.717, 1.165) is 5.56 Å². The molecule has 0 atom stereocenters. The molecule has 1 heterocycles. The second-order valence-electron chi connectivity index (χ2n) is 1.29. The van der Waals surface area contributed by atoms with Crippen LogP contribution >= 0.6 is 0 Å². The third-order valence-corrected chi connectivity index (χ3v) is 0.686. The van der Waals surface area contributed by atoms with E-state index in [-0.39, 0.29) is 67.4 Å². The number of hydrogen-bond donors (Lipinski definition) is 1. The Labute approximate surface area is 102 Å². The number of rotatable bonds is 0. The molecule has 1 aromatic rings. The molecule has 0 aromatic carbocycles. The van der Waals surface area contributed by atoms with Gasteiger partial charge in [-0.1, -0.05) is 6.92 Å². The Balaban J connectivity index is -0.000000120. The number of aromatic nitrogens is 1. The molecule has 1 nitrogen and oxygen atoms in total. The Morgan fingerprint density at radius 1 is 1.44 bits per heavy atom. The SMILES string of the molecule is Cc1[c-][nH]cc1.[I-].[I-].[Ru+3]. The van der Waals surface area contributed by atoms with Crippen LogP contribution in [0.25, 0.3) is 0 Å². The van der Waals surface area contributed by atoms with Crippen molar-refractivity contribution in [3.63, 3.8) is 0 Å². The van der Waals surface area contributed by atoms with Crippen LogP contribution in [0.2, 0.25) is 0 Å². The van der Waals surface area contributed by atoms with Gasteiger partial charge in [0.25, 0.3) is 0 Å². The fourth-order valence-corrected chi connectivity index (χ4v) is 0.364. The zero-order valence-electron chi connectivity index (χ0n) is 4.76.